The molecule has 0 unspecified atom stereocenters. The highest BCUT2D eigenvalue weighted by molar-refractivity contribution is 5.83. The van der Waals surface area contributed by atoms with E-state index in [0.717, 1.165) is 18.4 Å². The van der Waals surface area contributed by atoms with Crippen LogP contribution >= 0.6 is 0 Å². The van der Waals surface area contributed by atoms with E-state index >= 15 is 0 Å². The molecule has 15 heavy (non-hydrogen) atoms. The molecule has 3 nitrogen and oxygen atoms in total. The zero-order chi connectivity index (χ0) is 10.9. The summed E-state index contributed by atoms with van der Waals surface area (Å²) in [4.78, 5) is 11.8. The molecule has 1 atom stereocenters. The van der Waals surface area contributed by atoms with Crippen molar-refractivity contribution in [1.82, 2.24) is 5.32 Å². The van der Waals surface area contributed by atoms with Crippen LogP contribution in [0, 0.1) is 0 Å². The number of benzene rings is 1. The van der Waals surface area contributed by atoms with E-state index in [1.807, 2.05) is 37.3 Å². The molecule has 0 aromatic heterocycles. The predicted molar refractivity (Wildman–Crippen MR) is 59.2 cm³/mol. The average Bonchev–Trinajstić information content (AvgIpc) is 2.96. The van der Waals surface area contributed by atoms with Crippen LogP contribution in [-0.2, 0) is 4.79 Å². The zero-order valence-electron chi connectivity index (χ0n) is 8.86. The van der Waals surface area contributed by atoms with Crippen LogP contribution in [0.2, 0.25) is 0 Å². The van der Waals surface area contributed by atoms with Gasteiger partial charge in [-0.2, -0.15) is 0 Å². The fraction of sp³-hybridized carbons (Fsp3) is 0.417. The summed E-state index contributed by atoms with van der Waals surface area (Å²) < 4.78 is 0. The quantitative estimate of drug-likeness (QED) is 0.781. The van der Waals surface area contributed by atoms with Gasteiger partial charge in [-0.25, -0.2) is 0 Å². The van der Waals surface area contributed by atoms with Gasteiger partial charge in [0.25, 0.3) is 0 Å². The summed E-state index contributed by atoms with van der Waals surface area (Å²) in [5.41, 5.74) is 6.73. The molecule has 1 fully saturated rings. The maximum atomic E-state index is 11.8. The molecule has 0 bridgehead atoms. The first kappa shape index (κ1) is 10.2. The molecule has 0 aliphatic heterocycles. The van der Waals surface area contributed by atoms with Crippen molar-refractivity contribution in [1.29, 1.82) is 0 Å². The lowest BCUT2D eigenvalue weighted by molar-refractivity contribution is -0.123. The highest BCUT2D eigenvalue weighted by Crippen LogP contribution is 2.34. The van der Waals surface area contributed by atoms with Crippen LogP contribution in [0.15, 0.2) is 30.3 Å². The first-order valence-corrected chi connectivity index (χ1v) is 5.23. The molecule has 0 saturated heterocycles. The first-order chi connectivity index (χ1) is 7.11. The van der Waals surface area contributed by atoms with Crippen molar-refractivity contribution < 1.29 is 4.79 Å². The van der Waals surface area contributed by atoms with Gasteiger partial charge in [0, 0.05) is 5.54 Å². The summed E-state index contributed by atoms with van der Waals surface area (Å²) >= 11 is 0. The van der Waals surface area contributed by atoms with Crippen molar-refractivity contribution in [2.24, 2.45) is 5.73 Å². The molecule has 1 aliphatic rings. The Hall–Kier alpha value is -1.35. The van der Waals surface area contributed by atoms with Crippen LogP contribution < -0.4 is 11.1 Å². The second-order valence-corrected chi connectivity index (χ2v) is 4.44. The van der Waals surface area contributed by atoms with Crippen LogP contribution in [0.5, 0.6) is 0 Å². The van der Waals surface area contributed by atoms with Crippen molar-refractivity contribution in [3.8, 4) is 0 Å². The Bertz CT molecular complexity index is 357. The molecular weight excluding hydrogens is 188 g/mol. The summed E-state index contributed by atoms with van der Waals surface area (Å²) in [6, 6.07) is 8.89. The lowest BCUT2D eigenvalue weighted by atomic mass is 10.1. The van der Waals surface area contributed by atoms with E-state index < -0.39 is 6.04 Å². The Morgan fingerprint density at radius 2 is 2.00 bits per heavy atom. The van der Waals surface area contributed by atoms with Crippen molar-refractivity contribution in [3.05, 3.63) is 35.9 Å². The normalized spacial score (nSPS) is 19.3. The number of carbonyl (C=O) groups excluding carboxylic acids is 1. The summed E-state index contributed by atoms with van der Waals surface area (Å²) in [5, 5.41) is 2.96. The maximum absolute atomic E-state index is 11.8. The number of rotatable bonds is 3. The van der Waals surface area contributed by atoms with Gasteiger partial charge >= 0.3 is 0 Å². The van der Waals surface area contributed by atoms with Gasteiger partial charge in [0.1, 0.15) is 6.04 Å². The van der Waals surface area contributed by atoms with Crippen molar-refractivity contribution >= 4 is 5.91 Å². The Kier molecular flexibility index (Phi) is 2.49. The van der Waals surface area contributed by atoms with Crippen LogP contribution in [0.25, 0.3) is 0 Å². The molecule has 1 aromatic rings. The third-order valence-electron chi connectivity index (χ3n) is 2.87. The molecule has 1 saturated carbocycles. The zero-order valence-corrected chi connectivity index (χ0v) is 8.86. The van der Waals surface area contributed by atoms with Crippen LogP contribution in [0.3, 0.4) is 0 Å². The van der Waals surface area contributed by atoms with Gasteiger partial charge in [-0.1, -0.05) is 30.3 Å². The minimum absolute atomic E-state index is 0.00346. The second-order valence-electron chi connectivity index (χ2n) is 4.44. The fourth-order valence-electron chi connectivity index (χ4n) is 1.50. The molecule has 1 aliphatic carbocycles. The predicted octanol–water partition coefficient (Wildman–Crippen LogP) is 1.36. The third-order valence-corrected chi connectivity index (χ3v) is 2.87. The second kappa shape index (κ2) is 3.66. The number of hydrogen-bond donors (Lipinski definition) is 2. The number of nitrogens with two attached hydrogens (primary N) is 1. The van der Waals surface area contributed by atoms with Crippen molar-refractivity contribution in [2.75, 3.05) is 0 Å². The summed E-state index contributed by atoms with van der Waals surface area (Å²) in [6.45, 7) is 2.04. The van der Waals surface area contributed by atoms with Crippen molar-refractivity contribution in [2.45, 2.75) is 31.3 Å². The largest absolute Gasteiger partial charge is 0.349 e. The Morgan fingerprint density at radius 1 is 1.40 bits per heavy atom. The van der Waals surface area contributed by atoms with E-state index in [9.17, 15) is 4.79 Å². The Morgan fingerprint density at radius 3 is 2.53 bits per heavy atom. The minimum atomic E-state index is -0.552. The standard InChI is InChI=1S/C12H16N2O/c1-12(7-8-12)14-11(15)10(13)9-5-3-2-4-6-9/h2-6,10H,7-8,13H2,1H3,(H,14,15)/t10-/m1/s1. The first-order valence-electron chi connectivity index (χ1n) is 5.23. The van der Waals surface area contributed by atoms with Crippen LogP contribution in [0.4, 0.5) is 0 Å². The van der Waals surface area contributed by atoms with E-state index in [-0.39, 0.29) is 11.4 Å². The topological polar surface area (TPSA) is 55.1 Å². The molecule has 3 N–H and O–H groups in total. The van der Waals surface area contributed by atoms with Gasteiger partial charge in [0.05, 0.1) is 0 Å². The highest BCUT2D eigenvalue weighted by atomic mass is 16.2. The van der Waals surface area contributed by atoms with Gasteiger partial charge < -0.3 is 11.1 Å². The smallest absolute Gasteiger partial charge is 0.241 e. The molecule has 1 amide bonds. The number of nitrogens with one attached hydrogen (secondary N) is 1. The van der Waals surface area contributed by atoms with Crippen molar-refractivity contribution in [3.63, 3.8) is 0 Å². The Labute approximate surface area is 89.7 Å². The van der Waals surface area contributed by atoms with Gasteiger partial charge in [-0.15, -0.1) is 0 Å². The Balaban J connectivity index is 2.01. The van der Waals surface area contributed by atoms with E-state index in [0.29, 0.717) is 0 Å². The maximum Gasteiger partial charge on any atom is 0.241 e. The number of hydrogen-bond acceptors (Lipinski definition) is 2. The summed E-state index contributed by atoms with van der Waals surface area (Å²) in [6.07, 6.45) is 2.11. The van der Waals surface area contributed by atoms with E-state index in [1.165, 1.54) is 0 Å². The van der Waals surface area contributed by atoms with E-state index in [2.05, 4.69) is 5.32 Å². The molecular formula is C12H16N2O. The molecule has 80 valence electrons. The molecule has 1 aromatic carbocycles. The SMILES string of the molecule is CC1(NC(=O)[C@H](N)c2ccccc2)CC1. The van der Waals surface area contributed by atoms with Gasteiger partial charge in [0.15, 0.2) is 0 Å². The third kappa shape index (κ3) is 2.36. The minimum Gasteiger partial charge on any atom is -0.349 e. The number of carbonyl (C=O) groups is 1. The van der Waals surface area contributed by atoms with E-state index in [1.54, 1.807) is 0 Å². The summed E-state index contributed by atoms with van der Waals surface area (Å²) in [5.74, 6) is -0.0822. The van der Waals surface area contributed by atoms with E-state index in [4.69, 9.17) is 5.73 Å². The fourth-order valence-corrected chi connectivity index (χ4v) is 1.50. The average molecular weight is 204 g/mol. The lowest BCUT2D eigenvalue weighted by Gasteiger charge is -2.16. The monoisotopic (exact) mass is 204 g/mol. The van der Waals surface area contributed by atoms with Crippen LogP contribution in [0.1, 0.15) is 31.4 Å². The molecule has 2 rings (SSSR count). The molecule has 0 radical (unpaired) electrons. The highest BCUT2D eigenvalue weighted by Gasteiger charge is 2.39. The van der Waals surface area contributed by atoms with Crippen LogP contribution in [-0.4, -0.2) is 11.4 Å². The summed E-state index contributed by atoms with van der Waals surface area (Å²) in [7, 11) is 0. The lowest BCUT2D eigenvalue weighted by Crippen LogP contribution is -2.40. The molecule has 3 heteroatoms. The van der Waals surface area contributed by atoms with Gasteiger partial charge in [-0.3, -0.25) is 4.79 Å². The molecule has 0 spiro atoms. The molecule has 0 heterocycles. The van der Waals surface area contributed by atoms with Gasteiger partial charge in [0.2, 0.25) is 5.91 Å². The number of amides is 1. The van der Waals surface area contributed by atoms with Gasteiger partial charge in [-0.05, 0) is 25.3 Å².